The lowest BCUT2D eigenvalue weighted by atomic mass is 10.1. The van der Waals surface area contributed by atoms with Gasteiger partial charge < -0.3 is 9.84 Å². The number of aliphatic hydroxyl groups excluding tert-OH is 1. The minimum absolute atomic E-state index is 0.0388. The molecule has 112 valence electrons. The number of hydrogen-bond donors (Lipinski definition) is 2. The highest BCUT2D eigenvalue weighted by molar-refractivity contribution is 7.19. The lowest BCUT2D eigenvalue weighted by molar-refractivity contribution is 0.0636. The molecule has 2 rings (SSSR count). The van der Waals surface area contributed by atoms with E-state index < -0.39 is 11.7 Å². The summed E-state index contributed by atoms with van der Waals surface area (Å²) in [4.78, 5) is 16.7. The second-order valence-corrected chi connectivity index (χ2v) is 6.50. The highest BCUT2D eigenvalue weighted by Gasteiger charge is 2.17. The van der Waals surface area contributed by atoms with Crippen molar-refractivity contribution in [3.05, 3.63) is 36.0 Å². The third-order valence-corrected chi connectivity index (χ3v) is 3.51. The van der Waals surface area contributed by atoms with Gasteiger partial charge in [-0.05, 0) is 31.9 Å². The summed E-state index contributed by atoms with van der Waals surface area (Å²) in [5, 5.41) is 12.4. The van der Waals surface area contributed by atoms with E-state index in [0.717, 1.165) is 16.0 Å². The predicted molar refractivity (Wildman–Crippen MR) is 83.3 cm³/mol. The maximum absolute atomic E-state index is 11.7. The topological polar surface area (TPSA) is 71.5 Å². The summed E-state index contributed by atoms with van der Waals surface area (Å²) in [7, 11) is 0. The zero-order chi connectivity index (χ0) is 15.5. The average Bonchev–Trinajstić information content (AvgIpc) is 2.84. The summed E-state index contributed by atoms with van der Waals surface area (Å²) in [5.74, 6) is 0. The van der Waals surface area contributed by atoms with E-state index in [4.69, 9.17) is 4.74 Å². The lowest BCUT2D eigenvalue weighted by Crippen LogP contribution is -2.27. The van der Waals surface area contributed by atoms with Crippen molar-refractivity contribution in [3.63, 3.8) is 0 Å². The van der Waals surface area contributed by atoms with Crippen LogP contribution in [0.15, 0.2) is 30.5 Å². The number of hydrogen-bond acceptors (Lipinski definition) is 5. The Morgan fingerprint density at radius 3 is 2.76 bits per heavy atom. The van der Waals surface area contributed by atoms with Crippen molar-refractivity contribution in [1.29, 1.82) is 0 Å². The van der Waals surface area contributed by atoms with E-state index >= 15 is 0 Å². The summed E-state index contributed by atoms with van der Waals surface area (Å²) in [6.07, 6.45) is 1.14. The minimum atomic E-state index is -0.548. The van der Waals surface area contributed by atoms with Gasteiger partial charge >= 0.3 is 6.09 Å². The number of ether oxygens (including phenoxy) is 1. The molecule has 0 bridgehead atoms. The summed E-state index contributed by atoms with van der Waals surface area (Å²) < 4.78 is 5.18. The molecule has 0 unspecified atom stereocenters. The first kappa shape index (κ1) is 15.5. The zero-order valence-corrected chi connectivity index (χ0v) is 13.0. The Morgan fingerprint density at radius 1 is 1.38 bits per heavy atom. The van der Waals surface area contributed by atoms with Gasteiger partial charge in [-0.25, -0.2) is 9.78 Å². The summed E-state index contributed by atoms with van der Waals surface area (Å²) >= 11 is 1.34. The van der Waals surface area contributed by atoms with Gasteiger partial charge in [0.05, 0.1) is 11.5 Å². The molecule has 0 aliphatic heterocycles. The van der Waals surface area contributed by atoms with Gasteiger partial charge in [0.15, 0.2) is 5.13 Å². The van der Waals surface area contributed by atoms with Crippen LogP contribution >= 0.6 is 11.3 Å². The first-order valence-electron chi connectivity index (χ1n) is 6.54. The fraction of sp³-hybridized carbons (Fsp3) is 0.333. The normalized spacial score (nSPS) is 11.2. The molecule has 5 nitrogen and oxygen atoms in total. The molecule has 1 heterocycles. The summed E-state index contributed by atoms with van der Waals surface area (Å²) in [6, 6.07) is 7.54. The molecule has 0 spiro atoms. The summed E-state index contributed by atoms with van der Waals surface area (Å²) in [5.41, 5.74) is 1.19. The molecule has 2 aromatic rings. The average molecular weight is 306 g/mol. The minimum Gasteiger partial charge on any atom is -0.444 e. The maximum atomic E-state index is 11.7. The molecule has 2 N–H and O–H groups in total. The Balaban J connectivity index is 2.13. The fourth-order valence-corrected chi connectivity index (χ4v) is 2.61. The standard InChI is InChI=1S/C15H18N2O3S/c1-15(2,3)20-14(19)17-13-16-8-12(21-13)11-7-5-4-6-10(11)9-18/h4-8,18H,9H2,1-3H3,(H,16,17,19). The van der Waals surface area contributed by atoms with Gasteiger partial charge in [-0.1, -0.05) is 35.6 Å². The fourth-order valence-electron chi connectivity index (χ4n) is 1.75. The molecule has 1 aromatic carbocycles. The van der Waals surface area contributed by atoms with Crippen LogP contribution in [-0.4, -0.2) is 21.8 Å². The van der Waals surface area contributed by atoms with Crippen LogP contribution in [-0.2, 0) is 11.3 Å². The number of nitrogens with zero attached hydrogens (tertiary/aromatic N) is 1. The third kappa shape index (κ3) is 4.27. The largest absolute Gasteiger partial charge is 0.444 e. The van der Waals surface area contributed by atoms with E-state index in [0.29, 0.717) is 5.13 Å². The number of carbonyl (C=O) groups is 1. The van der Waals surface area contributed by atoms with Crippen LogP contribution in [0, 0.1) is 0 Å². The van der Waals surface area contributed by atoms with Crippen LogP contribution in [0.1, 0.15) is 26.3 Å². The van der Waals surface area contributed by atoms with Crippen LogP contribution in [0.4, 0.5) is 9.93 Å². The first-order valence-corrected chi connectivity index (χ1v) is 7.35. The molecule has 0 aliphatic carbocycles. The summed E-state index contributed by atoms with van der Waals surface area (Å²) in [6.45, 7) is 5.37. The van der Waals surface area contributed by atoms with Crippen LogP contribution in [0.3, 0.4) is 0 Å². The second kappa shape index (κ2) is 6.24. The molecule has 0 saturated heterocycles. The van der Waals surface area contributed by atoms with Crippen molar-refractivity contribution in [3.8, 4) is 10.4 Å². The van der Waals surface area contributed by atoms with Crippen LogP contribution < -0.4 is 5.32 Å². The molecule has 0 radical (unpaired) electrons. The highest BCUT2D eigenvalue weighted by Crippen LogP contribution is 2.31. The Labute approximate surface area is 127 Å². The van der Waals surface area contributed by atoms with Gasteiger partial charge in [0.1, 0.15) is 5.60 Å². The van der Waals surface area contributed by atoms with Gasteiger partial charge in [0, 0.05) is 6.20 Å². The molecule has 0 saturated carbocycles. The van der Waals surface area contributed by atoms with Crippen LogP contribution in [0.25, 0.3) is 10.4 Å². The molecule has 1 amide bonds. The predicted octanol–water partition coefficient (Wildman–Crippen LogP) is 3.65. The number of nitrogens with one attached hydrogen (secondary N) is 1. The number of carbonyl (C=O) groups excluding carboxylic acids is 1. The molecule has 0 atom stereocenters. The number of aromatic nitrogens is 1. The van der Waals surface area contributed by atoms with Gasteiger partial charge in [-0.15, -0.1) is 0 Å². The first-order chi connectivity index (χ1) is 9.89. The van der Waals surface area contributed by atoms with Crippen molar-refractivity contribution in [2.45, 2.75) is 33.0 Å². The van der Waals surface area contributed by atoms with Crippen molar-refractivity contribution >= 4 is 22.6 Å². The molecule has 21 heavy (non-hydrogen) atoms. The number of benzene rings is 1. The monoisotopic (exact) mass is 306 g/mol. The molecule has 1 aromatic heterocycles. The molecule has 0 aliphatic rings. The smallest absolute Gasteiger partial charge is 0.413 e. The number of amides is 1. The van der Waals surface area contributed by atoms with Crippen LogP contribution in [0.2, 0.25) is 0 Å². The Kier molecular flexibility index (Phi) is 4.59. The molecular formula is C15H18N2O3S. The van der Waals surface area contributed by atoms with Crippen LogP contribution in [0.5, 0.6) is 0 Å². The van der Waals surface area contributed by atoms with E-state index in [-0.39, 0.29) is 6.61 Å². The van der Waals surface area contributed by atoms with E-state index in [1.165, 1.54) is 11.3 Å². The van der Waals surface area contributed by atoms with Crippen molar-refractivity contribution in [2.75, 3.05) is 5.32 Å². The maximum Gasteiger partial charge on any atom is 0.413 e. The Hall–Kier alpha value is -1.92. The SMILES string of the molecule is CC(C)(C)OC(=O)Nc1ncc(-c2ccccc2CO)s1. The van der Waals surface area contributed by atoms with E-state index in [9.17, 15) is 9.90 Å². The van der Waals surface area contributed by atoms with Crippen molar-refractivity contribution < 1.29 is 14.6 Å². The number of anilines is 1. The van der Waals surface area contributed by atoms with Gasteiger partial charge in [0.25, 0.3) is 0 Å². The second-order valence-electron chi connectivity index (χ2n) is 5.47. The van der Waals surface area contributed by atoms with Gasteiger partial charge in [-0.3, -0.25) is 5.32 Å². The van der Waals surface area contributed by atoms with Crippen molar-refractivity contribution in [1.82, 2.24) is 4.98 Å². The third-order valence-electron chi connectivity index (χ3n) is 2.57. The number of thiazole rings is 1. The molecular weight excluding hydrogens is 288 g/mol. The van der Waals surface area contributed by atoms with Crippen molar-refractivity contribution in [2.24, 2.45) is 0 Å². The molecule has 6 heteroatoms. The number of rotatable bonds is 3. The van der Waals surface area contributed by atoms with E-state index in [1.54, 1.807) is 27.0 Å². The van der Waals surface area contributed by atoms with Gasteiger partial charge in [-0.2, -0.15) is 0 Å². The lowest BCUT2D eigenvalue weighted by Gasteiger charge is -2.18. The van der Waals surface area contributed by atoms with E-state index in [2.05, 4.69) is 10.3 Å². The molecule has 0 fully saturated rings. The zero-order valence-electron chi connectivity index (χ0n) is 12.2. The highest BCUT2D eigenvalue weighted by atomic mass is 32.1. The number of aliphatic hydroxyl groups is 1. The Bertz CT molecular complexity index is 632. The van der Waals surface area contributed by atoms with E-state index in [1.807, 2.05) is 24.3 Å². The quantitative estimate of drug-likeness (QED) is 0.908. The van der Waals surface area contributed by atoms with Gasteiger partial charge in [0.2, 0.25) is 0 Å². The Morgan fingerprint density at radius 2 is 2.10 bits per heavy atom.